The van der Waals surface area contributed by atoms with Gasteiger partial charge < -0.3 is 14.4 Å². The Morgan fingerprint density at radius 1 is 1.42 bits per heavy atom. The third-order valence-corrected chi connectivity index (χ3v) is 4.81. The van der Waals surface area contributed by atoms with Crippen LogP contribution in [0.25, 0.3) is 0 Å². The lowest BCUT2D eigenvalue weighted by atomic mass is 9.85. The fourth-order valence-electron chi connectivity index (χ4n) is 3.48. The van der Waals surface area contributed by atoms with E-state index in [1.807, 2.05) is 0 Å². The number of nitrogens with zero attached hydrogens (tertiary/aromatic N) is 1. The van der Waals surface area contributed by atoms with Gasteiger partial charge in [-0.3, -0.25) is 9.59 Å². The summed E-state index contributed by atoms with van der Waals surface area (Å²) in [5.41, 5.74) is -0.591. The minimum atomic E-state index is -1.21. The number of rotatable bonds is 2. The van der Waals surface area contributed by atoms with E-state index in [0.29, 0.717) is 18.6 Å². The standard InChI is InChI=1S/C18H18FNO4/c1-4-5-11-8-12(19)14(13(9-11)23-3)15-16(21)18(6-7-24-10-18)20(2)17(15)22/h8-9,15H,6-7,10H2,1-3H3. The maximum absolute atomic E-state index is 14.7. The molecule has 6 heteroatoms. The van der Waals surface area contributed by atoms with Crippen molar-refractivity contribution in [3.05, 3.63) is 29.1 Å². The van der Waals surface area contributed by atoms with E-state index >= 15 is 0 Å². The Bertz CT molecular complexity index is 771. The Labute approximate surface area is 139 Å². The molecule has 0 radical (unpaired) electrons. The molecule has 126 valence electrons. The van der Waals surface area contributed by atoms with Gasteiger partial charge in [-0.15, -0.1) is 5.92 Å². The molecule has 0 aromatic heterocycles. The normalized spacial score (nSPS) is 26.0. The van der Waals surface area contributed by atoms with Gasteiger partial charge in [-0.1, -0.05) is 5.92 Å². The zero-order valence-corrected chi connectivity index (χ0v) is 13.8. The number of benzene rings is 1. The summed E-state index contributed by atoms with van der Waals surface area (Å²) in [6, 6.07) is 2.77. The second-order valence-electron chi connectivity index (χ2n) is 5.98. The highest BCUT2D eigenvalue weighted by Crippen LogP contribution is 2.44. The zero-order valence-electron chi connectivity index (χ0n) is 13.8. The van der Waals surface area contributed by atoms with Crippen LogP contribution in [0.5, 0.6) is 5.75 Å². The van der Waals surface area contributed by atoms with E-state index in [4.69, 9.17) is 9.47 Å². The van der Waals surface area contributed by atoms with Gasteiger partial charge in [0, 0.05) is 31.2 Å². The van der Waals surface area contributed by atoms with Crippen LogP contribution in [-0.2, 0) is 14.3 Å². The van der Waals surface area contributed by atoms with Crippen molar-refractivity contribution < 1.29 is 23.5 Å². The number of carbonyl (C=O) groups is 2. The van der Waals surface area contributed by atoms with Crippen LogP contribution >= 0.6 is 0 Å². The highest BCUT2D eigenvalue weighted by molar-refractivity contribution is 6.17. The summed E-state index contributed by atoms with van der Waals surface area (Å²) in [4.78, 5) is 27.1. The van der Waals surface area contributed by atoms with Crippen molar-refractivity contribution in [3.63, 3.8) is 0 Å². The minimum absolute atomic E-state index is 0.0234. The highest BCUT2D eigenvalue weighted by Gasteiger charge is 2.59. The molecule has 2 aliphatic heterocycles. The van der Waals surface area contributed by atoms with Gasteiger partial charge in [-0.05, 0) is 19.1 Å². The smallest absolute Gasteiger partial charge is 0.238 e. The molecule has 2 unspecified atom stereocenters. The number of halogens is 1. The Balaban J connectivity index is 2.13. The SMILES string of the molecule is CC#Cc1cc(F)c(C2C(=O)N(C)C3(CCOC3)C2=O)c(OC)c1. The lowest BCUT2D eigenvalue weighted by molar-refractivity contribution is -0.131. The lowest BCUT2D eigenvalue weighted by Crippen LogP contribution is -2.48. The number of Topliss-reactive ketones (excluding diaryl/α,β-unsaturated/α-hetero) is 1. The number of hydrogen-bond acceptors (Lipinski definition) is 4. The van der Waals surface area contributed by atoms with E-state index in [2.05, 4.69) is 11.8 Å². The summed E-state index contributed by atoms with van der Waals surface area (Å²) < 4.78 is 25.3. The average molecular weight is 331 g/mol. The van der Waals surface area contributed by atoms with Crippen molar-refractivity contribution in [2.45, 2.75) is 24.8 Å². The topological polar surface area (TPSA) is 55.8 Å². The van der Waals surface area contributed by atoms with Gasteiger partial charge in [0.05, 0.1) is 13.7 Å². The van der Waals surface area contributed by atoms with Crippen LogP contribution in [-0.4, -0.2) is 49.5 Å². The molecule has 3 rings (SSSR count). The van der Waals surface area contributed by atoms with E-state index in [1.165, 1.54) is 18.1 Å². The summed E-state index contributed by atoms with van der Waals surface area (Å²) in [5, 5.41) is 0. The van der Waals surface area contributed by atoms with Gasteiger partial charge in [0.1, 0.15) is 23.0 Å². The maximum atomic E-state index is 14.7. The Hall–Kier alpha value is -2.39. The first-order valence-corrected chi connectivity index (χ1v) is 7.66. The van der Waals surface area contributed by atoms with Gasteiger partial charge in [0.2, 0.25) is 5.91 Å². The van der Waals surface area contributed by atoms with Crippen LogP contribution in [0.4, 0.5) is 4.39 Å². The third kappa shape index (κ3) is 2.20. The van der Waals surface area contributed by atoms with Crippen molar-refractivity contribution in [3.8, 4) is 17.6 Å². The second-order valence-corrected chi connectivity index (χ2v) is 5.98. The number of methoxy groups -OCH3 is 1. The van der Waals surface area contributed by atoms with E-state index in [0.717, 1.165) is 0 Å². The first-order chi connectivity index (χ1) is 11.5. The van der Waals surface area contributed by atoms with E-state index in [1.54, 1.807) is 20.0 Å². The van der Waals surface area contributed by atoms with Crippen molar-refractivity contribution in [2.24, 2.45) is 0 Å². The van der Waals surface area contributed by atoms with Crippen LogP contribution in [0, 0.1) is 17.7 Å². The fourth-order valence-corrected chi connectivity index (χ4v) is 3.48. The summed E-state index contributed by atoms with van der Waals surface area (Å²) in [6.45, 7) is 2.19. The van der Waals surface area contributed by atoms with Crippen LogP contribution in [0.1, 0.15) is 30.4 Å². The molecular formula is C18H18FNO4. The quantitative estimate of drug-likeness (QED) is 0.609. The summed E-state index contributed by atoms with van der Waals surface area (Å²) in [6.07, 6.45) is 0.425. The summed E-state index contributed by atoms with van der Waals surface area (Å²) in [5.74, 6) is 2.95. The fraction of sp³-hybridized carbons (Fsp3) is 0.444. The van der Waals surface area contributed by atoms with Gasteiger partial charge in [-0.25, -0.2) is 4.39 Å². The molecule has 0 bridgehead atoms. The molecule has 1 amide bonds. The Morgan fingerprint density at radius 3 is 2.75 bits per heavy atom. The van der Waals surface area contributed by atoms with Gasteiger partial charge in [0.25, 0.3) is 0 Å². The Kier molecular flexibility index (Phi) is 4.06. The number of ether oxygens (including phenoxy) is 2. The largest absolute Gasteiger partial charge is 0.496 e. The molecule has 0 aliphatic carbocycles. The van der Waals surface area contributed by atoms with Crippen LogP contribution in [0.15, 0.2) is 12.1 Å². The highest BCUT2D eigenvalue weighted by atomic mass is 19.1. The zero-order chi connectivity index (χ0) is 17.5. The van der Waals surface area contributed by atoms with Crippen molar-refractivity contribution >= 4 is 11.7 Å². The molecule has 2 fully saturated rings. The van der Waals surface area contributed by atoms with Crippen molar-refractivity contribution in [2.75, 3.05) is 27.4 Å². The minimum Gasteiger partial charge on any atom is -0.496 e. The number of likely N-dealkylation sites (N-methyl/N-ethyl adjacent to an activating group) is 1. The monoisotopic (exact) mass is 331 g/mol. The molecule has 0 N–H and O–H groups in total. The van der Waals surface area contributed by atoms with Gasteiger partial charge >= 0.3 is 0 Å². The maximum Gasteiger partial charge on any atom is 0.238 e. The predicted molar refractivity (Wildman–Crippen MR) is 84.2 cm³/mol. The molecule has 0 saturated carbocycles. The third-order valence-electron chi connectivity index (χ3n) is 4.81. The van der Waals surface area contributed by atoms with Gasteiger partial charge in [0.15, 0.2) is 5.78 Å². The van der Waals surface area contributed by atoms with E-state index in [-0.39, 0.29) is 23.7 Å². The predicted octanol–water partition coefficient (Wildman–Crippen LogP) is 1.49. The van der Waals surface area contributed by atoms with Crippen LogP contribution < -0.4 is 4.74 Å². The first-order valence-electron chi connectivity index (χ1n) is 7.66. The molecule has 2 atom stereocenters. The summed E-state index contributed by atoms with van der Waals surface area (Å²) >= 11 is 0. The average Bonchev–Trinajstić information content (AvgIpc) is 3.11. The number of hydrogen-bond donors (Lipinski definition) is 0. The van der Waals surface area contributed by atoms with Crippen LogP contribution in [0.3, 0.4) is 0 Å². The Morgan fingerprint density at radius 2 is 2.17 bits per heavy atom. The molecule has 2 aliphatic rings. The van der Waals surface area contributed by atoms with E-state index < -0.39 is 23.2 Å². The van der Waals surface area contributed by atoms with E-state index in [9.17, 15) is 14.0 Å². The molecular weight excluding hydrogens is 313 g/mol. The molecule has 1 spiro atoms. The van der Waals surface area contributed by atoms with Crippen molar-refractivity contribution in [1.29, 1.82) is 0 Å². The molecule has 24 heavy (non-hydrogen) atoms. The molecule has 1 aromatic carbocycles. The number of carbonyl (C=O) groups excluding carboxylic acids is 2. The second kappa shape index (κ2) is 5.91. The molecule has 1 aromatic rings. The number of ketones is 1. The first kappa shape index (κ1) is 16.5. The number of amides is 1. The number of likely N-dealkylation sites (tertiary alicyclic amines) is 1. The van der Waals surface area contributed by atoms with Crippen molar-refractivity contribution in [1.82, 2.24) is 4.90 Å². The lowest BCUT2D eigenvalue weighted by Gasteiger charge is -2.27. The summed E-state index contributed by atoms with van der Waals surface area (Å²) in [7, 11) is 2.94. The molecule has 2 heterocycles. The van der Waals surface area contributed by atoms with Gasteiger partial charge in [-0.2, -0.15) is 0 Å². The molecule has 5 nitrogen and oxygen atoms in total. The van der Waals surface area contributed by atoms with Crippen LogP contribution in [0.2, 0.25) is 0 Å². The molecule has 2 saturated heterocycles.